The summed E-state index contributed by atoms with van der Waals surface area (Å²) in [5, 5.41) is 15.5. The van der Waals surface area contributed by atoms with Gasteiger partial charge in [-0.05, 0) is 12.8 Å². The predicted molar refractivity (Wildman–Crippen MR) is 113 cm³/mol. The number of nitrogens with one attached hydrogen (secondary N) is 2. The number of unbranched alkanes of at least 4 members (excludes halogenated alkanes) is 9. The molecule has 0 atom stereocenters. The molecule has 0 aliphatic carbocycles. The minimum Gasteiger partial charge on any atom is -0.367 e. The average Bonchev–Trinajstić information content (AvgIpc) is 2.47. The molecule has 0 aromatic carbocycles. The number of nitrogens with zero attached hydrogens (tertiary/aromatic N) is 2. The summed E-state index contributed by atoms with van der Waals surface area (Å²) in [6, 6.07) is 0. The van der Waals surface area contributed by atoms with Crippen LogP contribution >= 0.6 is 24.8 Å². The van der Waals surface area contributed by atoms with Gasteiger partial charge in [0.15, 0.2) is 0 Å². The van der Waals surface area contributed by atoms with Crippen molar-refractivity contribution in [1.82, 2.24) is 9.80 Å². The van der Waals surface area contributed by atoms with Crippen molar-refractivity contribution in [3.63, 3.8) is 0 Å². The van der Waals surface area contributed by atoms with Crippen molar-refractivity contribution < 1.29 is 0 Å². The van der Waals surface area contributed by atoms with Gasteiger partial charge in [-0.1, -0.05) is 51.4 Å². The Labute approximate surface area is 162 Å². The fraction of sp³-hybridized carbons (Fsp3) is 0.889. The van der Waals surface area contributed by atoms with Crippen LogP contribution in [0.5, 0.6) is 0 Å². The van der Waals surface area contributed by atoms with E-state index >= 15 is 0 Å². The maximum absolute atomic E-state index is 7.73. The highest BCUT2D eigenvalue weighted by atomic mass is 35.5. The number of amidine groups is 2. The average molecular weight is 383 g/mol. The maximum Gasteiger partial charge on any atom is 0.0952 e. The quantitative estimate of drug-likeness (QED) is 0.247. The van der Waals surface area contributed by atoms with E-state index in [1.54, 1.807) is 0 Å². The van der Waals surface area contributed by atoms with Gasteiger partial charge in [-0.2, -0.15) is 0 Å². The first-order chi connectivity index (χ1) is 10.4. The normalized spacial score (nSPS) is 9.67. The van der Waals surface area contributed by atoms with Gasteiger partial charge >= 0.3 is 0 Å². The second-order valence-corrected chi connectivity index (χ2v) is 6.72. The van der Waals surface area contributed by atoms with Crippen molar-refractivity contribution in [2.24, 2.45) is 0 Å². The molecular weight excluding hydrogens is 343 g/mol. The largest absolute Gasteiger partial charge is 0.367 e. The summed E-state index contributed by atoms with van der Waals surface area (Å²) >= 11 is 0. The van der Waals surface area contributed by atoms with Crippen LogP contribution in [0, 0.1) is 10.8 Å². The van der Waals surface area contributed by atoms with Gasteiger partial charge in [-0.25, -0.2) is 0 Å². The molecule has 0 amide bonds. The van der Waals surface area contributed by atoms with Crippen LogP contribution in [0.25, 0.3) is 0 Å². The first-order valence-electron chi connectivity index (χ1n) is 8.94. The van der Waals surface area contributed by atoms with Crippen molar-refractivity contribution in [1.29, 1.82) is 10.8 Å². The monoisotopic (exact) mass is 382 g/mol. The Hall–Kier alpha value is -0.480. The van der Waals surface area contributed by atoms with E-state index in [9.17, 15) is 0 Å². The van der Waals surface area contributed by atoms with Crippen LogP contribution in [0.15, 0.2) is 0 Å². The van der Waals surface area contributed by atoms with Gasteiger partial charge in [0.1, 0.15) is 0 Å². The van der Waals surface area contributed by atoms with E-state index < -0.39 is 0 Å². The third kappa shape index (κ3) is 17.9. The molecule has 0 aromatic rings. The lowest BCUT2D eigenvalue weighted by Crippen LogP contribution is -2.20. The third-order valence-corrected chi connectivity index (χ3v) is 4.16. The summed E-state index contributed by atoms with van der Waals surface area (Å²) in [6.45, 7) is 0. The number of hydrogen-bond donors (Lipinski definition) is 2. The number of rotatable bonds is 13. The van der Waals surface area contributed by atoms with Crippen LogP contribution in [0.3, 0.4) is 0 Å². The number of hydrogen-bond acceptors (Lipinski definition) is 2. The van der Waals surface area contributed by atoms with Crippen LogP contribution in [-0.4, -0.2) is 49.7 Å². The van der Waals surface area contributed by atoms with Crippen LogP contribution in [0.2, 0.25) is 0 Å². The zero-order chi connectivity index (χ0) is 16.8. The van der Waals surface area contributed by atoms with Gasteiger partial charge in [0, 0.05) is 41.0 Å². The first-order valence-corrected chi connectivity index (χ1v) is 8.94. The molecule has 0 saturated heterocycles. The first kappa shape index (κ1) is 28.3. The summed E-state index contributed by atoms with van der Waals surface area (Å²) in [4.78, 5) is 3.81. The summed E-state index contributed by atoms with van der Waals surface area (Å²) < 4.78 is 0. The molecule has 0 radical (unpaired) electrons. The SMILES string of the molecule is CN(C)C(=N)CCCCCCCCCCCCC(=N)N(C)C.Cl.Cl. The van der Waals surface area contributed by atoms with Crippen molar-refractivity contribution in [2.75, 3.05) is 28.2 Å². The molecule has 0 fully saturated rings. The molecule has 24 heavy (non-hydrogen) atoms. The topological polar surface area (TPSA) is 54.2 Å². The fourth-order valence-corrected chi connectivity index (χ4v) is 2.45. The van der Waals surface area contributed by atoms with E-state index in [0.29, 0.717) is 0 Å². The minimum absolute atomic E-state index is 0. The van der Waals surface area contributed by atoms with Crippen molar-refractivity contribution in [3.8, 4) is 0 Å². The molecule has 0 spiro atoms. The molecule has 0 unspecified atom stereocenters. The van der Waals surface area contributed by atoms with Crippen molar-refractivity contribution >= 4 is 36.5 Å². The third-order valence-electron chi connectivity index (χ3n) is 4.16. The maximum atomic E-state index is 7.73. The molecule has 6 heteroatoms. The van der Waals surface area contributed by atoms with Gasteiger partial charge < -0.3 is 9.80 Å². The molecule has 0 aliphatic heterocycles. The van der Waals surface area contributed by atoms with Gasteiger partial charge in [0.2, 0.25) is 0 Å². The Bertz CT molecular complexity index is 277. The smallest absolute Gasteiger partial charge is 0.0952 e. The molecule has 0 aliphatic rings. The zero-order valence-electron chi connectivity index (χ0n) is 16.2. The summed E-state index contributed by atoms with van der Waals surface area (Å²) in [7, 11) is 7.80. The van der Waals surface area contributed by atoms with Gasteiger partial charge in [0.05, 0.1) is 11.7 Å². The van der Waals surface area contributed by atoms with Crippen LogP contribution < -0.4 is 0 Å². The summed E-state index contributed by atoms with van der Waals surface area (Å²) in [5.74, 6) is 1.50. The highest BCUT2D eigenvalue weighted by Gasteiger charge is 2.00. The Morgan fingerprint density at radius 1 is 0.500 bits per heavy atom. The molecule has 0 bridgehead atoms. The Kier molecular flexibility index (Phi) is 22.3. The molecule has 0 heterocycles. The molecule has 4 nitrogen and oxygen atoms in total. The van der Waals surface area contributed by atoms with Crippen molar-refractivity contribution in [2.45, 2.75) is 77.0 Å². The molecule has 0 saturated carbocycles. The Balaban J connectivity index is -0.00000220. The molecule has 146 valence electrons. The van der Waals surface area contributed by atoms with Crippen LogP contribution in [-0.2, 0) is 0 Å². The lowest BCUT2D eigenvalue weighted by molar-refractivity contribution is 0.540. The highest BCUT2D eigenvalue weighted by molar-refractivity contribution is 5.85. The molecule has 0 rings (SSSR count). The second kappa shape index (κ2) is 18.9. The van der Waals surface area contributed by atoms with Crippen LogP contribution in [0.4, 0.5) is 0 Å². The van der Waals surface area contributed by atoms with E-state index in [0.717, 1.165) is 37.4 Å². The molecule has 0 aromatic heterocycles. The standard InChI is InChI=1S/C18H38N4.2ClH/c1-21(2)17(19)15-13-11-9-7-5-6-8-10-12-14-16-18(20)22(3)4;;/h19-20H,5-16H2,1-4H3;2*1H. The van der Waals surface area contributed by atoms with Gasteiger partial charge in [-0.15, -0.1) is 24.8 Å². The lowest BCUT2D eigenvalue weighted by Gasteiger charge is -2.13. The highest BCUT2D eigenvalue weighted by Crippen LogP contribution is 2.12. The van der Waals surface area contributed by atoms with Crippen LogP contribution in [0.1, 0.15) is 77.0 Å². The van der Waals surface area contributed by atoms with E-state index in [1.165, 1.54) is 51.4 Å². The number of halogens is 2. The summed E-state index contributed by atoms with van der Waals surface area (Å²) in [6.07, 6.45) is 14.8. The second-order valence-electron chi connectivity index (χ2n) is 6.72. The Morgan fingerprint density at radius 2 is 0.708 bits per heavy atom. The minimum atomic E-state index is 0. The van der Waals surface area contributed by atoms with E-state index in [1.807, 2.05) is 38.0 Å². The lowest BCUT2D eigenvalue weighted by atomic mass is 10.0. The van der Waals surface area contributed by atoms with Gasteiger partial charge in [0.25, 0.3) is 0 Å². The molecular formula is C18H40Cl2N4. The van der Waals surface area contributed by atoms with E-state index in [-0.39, 0.29) is 24.8 Å². The summed E-state index contributed by atoms with van der Waals surface area (Å²) in [5.41, 5.74) is 0. The molecule has 2 N–H and O–H groups in total. The van der Waals surface area contributed by atoms with Gasteiger partial charge in [-0.3, -0.25) is 10.8 Å². The van der Waals surface area contributed by atoms with E-state index in [4.69, 9.17) is 10.8 Å². The zero-order valence-corrected chi connectivity index (χ0v) is 17.8. The van der Waals surface area contributed by atoms with Crippen molar-refractivity contribution in [3.05, 3.63) is 0 Å². The Morgan fingerprint density at radius 3 is 0.917 bits per heavy atom. The fourth-order valence-electron chi connectivity index (χ4n) is 2.45. The van der Waals surface area contributed by atoms with E-state index in [2.05, 4.69) is 0 Å². The predicted octanol–water partition coefficient (Wildman–Crippen LogP) is 5.59.